The van der Waals surface area contributed by atoms with E-state index in [4.69, 9.17) is 16.3 Å². The largest absolute Gasteiger partial charge is 0.447 e. The van der Waals surface area contributed by atoms with Gasteiger partial charge in [-0.25, -0.2) is 14.2 Å². The number of carbonyl (C=O) groups excluding carboxylic acids is 4. The Morgan fingerprint density at radius 2 is 1.56 bits per heavy atom. The summed E-state index contributed by atoms with van der Waals surface area (Å²) in [5, 5.41) is 7.30. The molecular formula is C39H36ClFN4O5. The lowest BCUT2D eigenvalue weighted by Gasteiger charge is -2.28. The maximum Gasteiger partial charge on any atom is 0.412 e. The molecule has 9 nitrogen and oxygen atoms in total. The van der Waals surface area contributed by atoms with Gasteiger partial charge in [-0.2, -0.15) is 0 Å². The summed E-state index contributed by atoms with van der Waals surface area (Å²) in [6.45, 7) is 0.139. The summed E-state index contributed by atoms with van der Waals surface area (Å²) in [4.78, 5) is 57.6. The van der Waals surface area contributed by atoms with E-state index in [0.717, 1.165) is 10.8 Å². The number of hydrogen-bond acceptors (Lipinski definition) is 6. The lowest BCUT2D eigenvalue weighted by molar-refractivity contribution is -0.132. The van der Waals surface area contributed by atoms with Crippen LogP contribution in [0, 0.1) is 5.82 Å². The van der Waals surface area contributed by atoms with E-state index in [2.05, 4.69) is 15.6 Å². The third-order valence-corrected chi connectivity index (χ3v) is 8.69. The van der Waals surface area contributed by atoms with Crippen molar-refractivity contribution in [1.82, 2.24) is 15.2 Å². The first kappa shape index (κ1) is 35.7. The van der Waals surface area contributed by atoms with Gasteiger partial charge in [-0.3, -0.25) is 19.7 Å². The van der Waals surface area contributed by atoms with Gasteiger partial charge in [0.15, 0.2) is 5.78 Å². The third kappa shape index (κ3) is 9.51. The van der Waals surface area contributed by atoms with E-state index in [1.165, 1.54) is 17.0 Å². The van der Waals surface area contributed by atoms with E-state index in [-0.39, 0.29) is 48.6 Å². The zero-order valence-corrected chi connectivity index (χ0v) is 28.2. The smallest absolute Gasteiger partial charge is 0.412 e. The maximum atomic E-state index is 13.9. The predicted molar refractivity (Wildman–Crippen MR) is 191 cm³/mol. The fourth-order valence-corrected chi connectivity index (χ4v) is 5.64. The summed E-state index contributed by atoms with van der Waals surface area (Å²) >= 11 is 6.09. The Morgan fingerprint density at radius 1 is 0.860 bits per heavy atom. The predicted octanol–water partition coefficient (Wildman–Crippen LogP) is 7.48. The van der Waals surface area contributed by atoms with E-state index in [1.54, 1.807) is 73.9 Å². The summed E-state index contributed by atoms with van der Waals surface area (Å²) in [5.41, 5.74) is 1.78. The number of nitrogens with zero attached hydrogens (tertiary/aromatic N) is 2. The number of aromatic nitrogens is 1. The van der Waals surface area contributed by atoms with Gasteiger partial charge in [-0.15, -0.1) is 0 Å². The van der Waals surface area contributed by atoms with Crippen molar-refractivity contribution in [2.24, 2.45) is 0 Å². The molecule has 1 heterocycles. The molecule has 0 aliphatic carbocycles. The number of ether oxygens (including phenoxy) is 1. The molecule has 5 aromatic rings. The molecule has 5 rings (SSSR count). The molecule has 0 spiro atoms. The molecule has 3 amide bonds. The molecule has 0 radical (unpaired) electrons. The summed E-state index contributed by atoms with van der Waals surface area (Å²) in [5.74, 6) is -1.02. The molecule has 0 bridgehead atoms. The molecule has 1 atom stereocenters. The molecule has 0 aliphatic rings. The zero-order chi connectivity index (χ0) is 35.5. The van der Waals surface area contributed by atoms with Crippen molar-refractivity contribution < 1.29 is 28.3 Å². The molecule has 11 heteroatoms. The number of halogens is 2. The Labute approximate surface area is 294 Å². The van der Waals surface area contributed by atoms with Crippen molar-refractivity contribution in [2.45, 2.75) is 31.7 Å². The SMILES string of the molecule is CN(C(=O)CCc1cccc(F)c1Cl)[C@@H](CCCNC(=O)c1cccc(C(=O)c2ccccc2)c1)COC(=O)Nc1cc2ccccc2cn1. The van der Waals surface area contributed by atoms with E-state index in [9.17, 15) is 23.6 Å². The topological polar surface area (TPSA) is 118 Å². The fourth-order valence-electron chi connectivity index (χ4n) is 5.42. The maximum absolute atomic E-state index is 13.9. The highest BCUT2D eigenvalue weighted by molar-refractivity contribution is 6.31. The second kappa shape index (κ2) is 17.2. The van der Waals surface area contributed by atoms with Gasteiger partial charge in [0.05, 0.1) is 11.1 Å². The molecule has 0 unspecified atom stereocenters. The van der Waals surface area contributed by atoms with Crippen molar-refractivity contribution >= 4 is 51.9 Å². The van der Waals surface area contributed by atoms with Crippen molar-refractivity contribution in [3.63, 3.8) is 0 Å². The highest BCUT2D eigenvalue weighted by atomic mass is 35.5. The number of aryl methyl sites for hydroxylation is 1. The second-order valence-electron chi connectivity index (χ2n) is 11.7. The molecule has 256 valence electrons. The zero-order valence-electron chi connectivity index (χ0n) is 27.4. The number of likely N-dealkylation sites (N-methyl/N-ethyl adjacent to an activating group) is 1. The van der Waals surface area contributed by atoms with Gasteiger partial charge in [0.1, 0.15) is 18.2 Å². The number of anilines is 1. The number of nitrogens with one attached hydrogen (secondary N) is 2. The monoisotopic (exact) mass is 694 g/mol. The number of pyridine rings is 1. The summed E-state index contributed by atoms with van der Waals surface area (Å²) < 4.78 is 19.5. The number of rotatable bonds is 14. The van der Waals surface area contributed by atoms with Crippen molar-refractivity contribution in [3.8, 4) is 0 Å². The minimum absolute atomic E-state index is 0.0208. The van der Waals surface area contributed by atoms with Crippen LogP contribution in [-0.4, -0.2) is 59.8 Å². The molecule has 50 heavy (non-hydrogen) atoms. The Morgan fingerprint density at radius 3 is 2.36 bits per heavy atom. The Hall–Kier alpha value is -5.61. The number of hydrogen-bond donors (Lipinski definition) is 2. The molecule has 0 aliphatic heterocycles. The number of fused-ring (bicyclic) bond motifs is 1. The lowest BCUT2D eigenvalue weighted by atomic mass is 10.0. The molecule has 0 saturated heterocycles. The van der Waals surface area contributed by atoms with Crippen LogP contribution in [0.15, 0.2) is 109 Å². The van der Waals surface area contributed by atoms with Gasteiger partial charge < -0.3 is 15.0 Å². The minimum Gasteiger partial charge on any atom is -0.447 e. The van der Waals surface area contributed by atoms with Gasteiger partial charge in [0, 0.05) is 48.3 Å². The fraction of sp³-hybridized carbons (Fsp3) is 0.205. The van der Waals surface area contributed by atoms with E-state index in [1.807, 2.05) is 30.3 Å². The van der Waals surface area contributed by atoms with Crippen molar-refractivity contribution in [2.75, 3.05) is 25.5 Å². The molecule has 4 aromatic carbocycles. The second-order valence-corrected chi connectivity index (χ2v) is 12.1. The van der Waals surface area contributed by atoms with Crippen molar-refractivity contribution in [1.29, 1.82) is 0 Å². The van der Waals surface area contributed by atoms with Crippen LogP contribution < -0.4 is 10.6 Å². The van der Waals surface area contributed by atoms with E-state index in [0.29, 0.717) is 40.9 Å². The Balaban J connectivity index is 1.19. The van der Waals surface area contributed by atoms with Crippen LogP contribution in [0.3, 0.4) is 0 Å². The first-order valence-electron chi connectivity index (χ1n) is 16.1. The number of ketones is 1. The quantitative estimate of drug-likeness (QED) is 0.0920. The van der Waals surface area contributed by atoms with E-state index < -0.39 is 18.0 Å². The van der Waals surface area contributed by atoms with Gasteiger partial charge in [0.2, 0.25) is 5.91 Å². The Bertz CT molecular complexity index is 1990. The molecule has 0 saturated carbocycles. The van der Waals surface area contributed by atoms with Gasteiger partial charge in [-0.05, 0) is 54.5 Å². The van der Waals surface area contributed by atoms with Gasteiger partial charge >= 0.3 is 6.09 Å². The Kier molecular flexibility index (Phi) is 12.3. The van der Waals surface area contributed by atoms with Crippen LogP contribution in [-0.2, 0) is 16.0 Å². The first-order chi connectivity index (χ1) is 24.2. The molecule has 2 N–H and O–H groups in total. The molecule has 0 fully saturated rings. The third-order valence-electron chi connectivity index (χ3n) is 8.27. The highest BCUT2D eigenvalue weighted by Crippen LogP contribution is 2.22. The van der Waals surface area contributed by atoms with Crippen LogP contribution in [0.1, 0.15) is 51.1 Å². The molecule has 1 aromatic heterocycles. The lowest BCUT2D eigenvalue weighted by Crippen LogP contribution is -2.41. The summed E-state index contributed by atoms with van der Waals surface area (Å²) in [6, 6.07) is 28.6. The van der Waals surface area contributed by atoms with Crippen LogP contribution in [0.25, 0.3) is 10.8 Å². The average molecular weight is 695 g/mol. The first-order valence-corrected chi connectivity index (χ1v) is 16.5. The van der Waals surface area contributed by atoms with Crippen LogP contribution in [0.5, 0.6) is 0 Å². The number of carbonyl (C=O) groups is 4. The normalized spacial score (nSPS) is 11.4. The summed E-state index contributed by atoms with van der Waals surface area (Å²) in [7, 11) is 1.61. The van der Waals surface area contributed by atoms with Gasteiger partial charge in [0.25, 0.3) is 5.91 Å². The summed E-state index contributed by atoms with van der Waals surface area (Å²) in [6.07, 6.45) is 2.03. The van der Waals surface area contributed by atoms with Crippen LogP contribution in [0.4, 0.5) is 15.0 Å². The van der Waals surface area contributed by atoms with Crippen molar-refractivity contribution in [3.05, 3.63) is 142 Å². The van der Waals surface area contributed by atoms with Gasteiger partial charge in [-0.1, -0.05) is 90.5 Å². The standard InChI is InChI=1S/C39H36ClFN4O5/c1-45(35(46)20-19-26-14-8-18-33(41)36(26)40)32(25-50-39(49)44-34-23-28-12-5-6-13-31(28)24-43-34)17-9-21-42-38(48)30-16-7-15-29(22-30)37(47)27-10-3-2-4-11-27/h2-8,10-16,18,22-24,32H,9,17,19-21,25H2,1H3,(H,42,48)(H,43,44,49)/t32-/m0/s1. The molecular weight excluding hydrogens is 659 g/mol. The van der Waals surface area contributed by atoms with Crippen LogP contribution in [0.2, 0.25) is 5.02 Å². The highest BCUT2D eigenvalue weighted by Gasteiger charge is 2.23. The van der Waals surface area contributed by atoms with Crippen LogP contribution >= 0.6 is 11.6 Å². The minimum atomic E-state index is -0.733. The average Bonchev–Trinajstić information content (AvgIpc) is 3.14. The number of amides is 3. The number of benzene rings is 4. The van der Waals surface area contributed by atoms with E-state index >= 15 is 0 Å².